The molecule has 0 radical (unpaired) electrons. The number of amides is 3. The van der Waals surface area contributed by atoms with Gasteiger partial charge in [-0.1, -0.05) is 32.0 Å². The van der Waals surface area contributed by atoms with Crippen LogP contribution in [-0.2, 0) is 14.8 Å². The van der Waals surface area contributed by atoms with Gasteiger partial charge in [-0.05, 0) is 62.1 Å². The number of hydrogen-bond donors (Lipinski definition) is 2. The normalized spacial score (nSPS) is 16.4. The third-order valence-electron chi connectivity index (χ3n) is 6.13. The second-order valence-electron chi connectivity index (χ2n) is 8.64. The van der Waals surface area contributed by atoms with Crippen molar-refractivity contribution in [1.29, 1.82) is 0 Å². The monoisotopic (exact) mass is 486 g/mol. The van der Waals surface area contributed by atoms with Crippen molar-refractivity contribution < 1.29 is 18.0 Å². The highest BCUT2D eigenvalue weighted by molar-refractivity contribution is 7.89. The lowest BCUT2D eigenvalue weighted by atomic mass is 9.97. The van der Waals surface area contributed by atoms with Crippen LogP contribution in [0.3, 0.4) is 0 Å². The zero-order valence-electron chi connectivity index (χ0n) is 20.3. The number of carbonyl (C=O) groups is 2. The summed E-state index contributed by atoms with van der Waals surface area (Å²) in [5.74, 6) is -0.593. The van der Waals surface area contributed by atoms with E-state index >= 15 is 0 Å². The molecule has 0 bridgehead atoms. The molecule has 0 aromatic heterocycles. The summed E-state index contributed by atoms with van der Waals surface area (Å²) >= 11 is 0. The molecule has 2 N–H and O–H groups in total. The van der Waals surface area contributed by atoms with E-state index < -0.39 is 10.0 Å². The largest absolute Gasteiger partial charge is 0.326 e. The summed E-state index contributed by atoms with van der Waals surface area (Å²) in [6.45, 7) is 8.93. The minimum absolute atomic E-state index is 0.191. The summed E-state index contributed by atoms with van der Waals surface area (Å²) in [7, 11) is -3.65. The van der Waals surface area contributed by atoms with Crippen LogP contribution >= 0.6 is 0 Å². The Morgan fingerprint density at radius 3 is 2.41 bits per heavy atom. The van der Waals surface area contributed by atoms with Crippen LogP contribution in [-0.4, -0.2) is 55.7 Å². The summed E-state index contributed by atoms with van der Waals surface area (Å²) in [4.78, 5) is 27.6. The third-order valence-corrected chi connectivity index (χ3v) is 8.32. The van der Waals surface area contributed by atoms with Crippen LogP contribution in [0.5, 0.6) is 0 Å². The van der Waals surface area contributed by atoms with Crippen LogP contribution in [0.4, 0.5) is 16.2 Å². The summed E-state index contributed by atoms with van der Waals surface area (Å²) < 4.78 is 27.4. The standard InChI is InChI=1S/C25H34N4O4S/c1-5-29(6-2)34(32,33)23-16-22(13-12-19(23)4)26-24(30)20-10-8-14-28(17-20)25(31)27-21-11-7-9-18(3)15-21/h7,9,11-13,15-16,20H,5-6,8,10,14,17H2,1-4H3,(H,26,30)(H,27,31). The molecule has 2 aromatic rings. The average Bonchev–Trinajstić information content (AvgIpc) is 2.81. The van der Waals surface area contributed by atoms with E-state index in [0.717, 1.165) is 17.7 Å². The quantitative estimate of drug-likeness (QED) is 0.612. The smallest absolute Gasteiger partial charge is 0.321 e. The number of sulfonamides is 1. The molecule has 1 saturated heterocycles. The molecule has 0 aliphatic carbocycles. The zero-order valence-corrected chi connectivity index (χ0v) is 21.1. The van der Waals surface area contributed by atoms with Crippen LogP contribution in [0.1, 0.15) is 37.8 Å². The van der Waals surface area contributed by atoms with Crippen molar-refractivity contribution in [3.8, 4) is 0 Å². The second-order valence-corrected chi connectivity index (χ2v) is 10.6. The Bertz CT molecular complexity index is 1150. The number of rotatable bonds is 7. The lowest BCUT2D eigenvalue weighted by Gasteiger charge is -2.32. The molecule has 9 heteroatoms. The van der Waals surface area contributed by atoms with E-state index in [0.29, 0.717) is 43.9 Å². The molecule has 3 amide bonds. The highest BCUT2D eigenvalue weighted by Crippen LogP contribution is 2.25. The van der Waals surface area contributed by atoms with Crippen molar-refractivity contribution in [1.82, 2.24) is 9.21 Å². The number of nitrogens with zero attached hydrogens (tertiary/aromatic N) is 2. The number of urea groups is 1. The van der Waals surface area contributed by atoms with Gasteiger partial charge in [0, 0.05) is 37.6 Å². The first-order valence-corrected chi connectivity index (χ1v) is 13.1. The molecule has 1 aliphatic rings. The van der Waals surface area contributed by atoms with Gasteiger partial charge in [0.25, 0.3) is 0 Å². The zero-order chi connectivity index (χ0) is 24.9. The second kappa shape index (κ2) is 11.0. The number of aryl methyl sites for hydroxylation is 2. The molecule has 184 valence electrons. The van der Waals surface area contributed by atoms with Gasteiger partial charge in [-0.15, -0.1) is 0 Å². The number of carbonyl (C=O) groups excluding carboxylic acids is 2. The van der Waals surface area contributed by atoms with Crippen molar-refractivity contribution in [2.45, 2.75) is 45.4 Å². The lowest BCUT2D eigenvalue weighted by Crippen LogP contribution is -2.45. The van der Waals surface area contributed by atoms with E-state index in [9.17, 15) is 18.0 Å². The van der Waals surface area contributed by atoms with Crippen molar-refractivity contribution in [3.05, 3.63) is 53.6 Å². The summed E-state index contributed by atoms with van der Waals surface area (Å²) in [6.07, 6.45) is 1.38. The summed E-state index contributed by atoms with van der Waals surface area (Å²) in [5, 5.41) is 5.76. The van der Waals surface area contributed by atoms with Crippen LogP contribution in [0, 0.1) is 19.8 Å². The maximum Gasteiger partial charge on any atom is 0.321 e. The first-order chi connectivity index (χ1) is 16.1. The first kappa shape index (κ1) is 25.7. The van der Waals surface area contributed by atoms with Gasteiger partial charge in [0.1, 0.15) is 0 Å². The number of piperidine rings is 1. The molecule has 0 saturated carbocycles. The molecule has 1 fully saturated rings. The predicted octanol–water partition coefficient (Wildman–Crippen LogP) is 4.22. The van der Waals surface area contributed by atoms with E-state index in [4.69, 9.17) is 0 Å². The van der Waals surface area contributed by atoms with Gasteiger partial charge in [0.15, 0.2) is 0 Å². The van der Waals surface area contributed by atoms with Crippen LogP contribution in [0.2, 0.25) is 0 Å². The molecule has 1 aliphatic heterocycles. The topological polar surface area (TPSA) is 98.8 Å². The SMILES string of the molecule is CCN(CC)S(=O)(=O)c1cc(NC(=O)C2CCCN(C(=O)Nc3cccc(C)c3)C2)ccc1C. The molecular formula is C25H34N4O4S. The van der Waals surface area contributed by atoms with Gasteiger partial charge < -0.3 is 15.5 Å². The molecule has 0 spiro atoms. The van der Waals surface area contributed by atoms with Gasteiger partial charge in [-0.25, -0.2) is 13.2 Å². The number of hydrogen-bond acceptors (Lipinski definition) is 4. The van der Waals surface area contributed by atoms with Gasteiger partial charge in [0.2, 0.25) is 15.9 Å². The maximum atomic E-state index is 13.0. The van der Waals surface area contributed by atoms with E-state index in [2.05, 4.69) is 10.6 Å². The number of likely N-dealkylation sites (tertiary alicyclic amines) is 1. The Kier molecular flexibility index (Phi) is 8.33. The van der Waals surface area contributed by atoms with Gasteiger partial charge >= 0.3 is 6.03 Å². The number of anilines is 2. The fraction of sp³-hybridized carbons (Fsp3) is 0.440. The molecule has 3 rings (SSSR count). The number of nitrogens with one attached hydrogen (secondary N) is 2. The van der Waals surface area contributed by atoms with Gasteiger partial charge in [-0.2, -0.15) is 4.31 Å². The molecule has 1 atom stereocenters. The lowest BCUT2D eigenvalue weighted by molar-refractivity contribution is -0.121. The predicted molar refractivity (Wildman–Crippen MR) is 134 cm³/mol. The van der Waals surface area contributed by atoms with Gasteiger partial charge in [0.05, 0.1) is 10.8 Å². The summed E-state index contributed by atoms with van der Waals surface area (Å²) in [5.41, 5.74) is 2.83. The maximum absolute atomic E-state index is 13.0. The fourth-order valence-electron chi connectivity index (χ4n) is 4.20. The Hall–Kier alpha value is -2.91. The Balaban J connectivity index is 1.69. The van der Waals surface area contributed by atoms with Crippen molar-refractivity contribution in [2.75, 3.05) is 36.8 Å². The highest BCUT2D eigenvalue weighted by Gasteiger charge is 2.29. The van der Waals surface area contributed by atoms with Crippen LogP contribution in [0.25, 0.3) is 0 Å². The Morgan fingerprint density at radius 1 is 1.03 bits per heavy atom. The first-order valence-electron chi connectivity index (χ1n) is 11.7. The molecule has 1 heterocycles. The summed E-state index contributed by atoms with van der Waals surface area (Å²) in [6, 6.07) is 12.3. The van der Waals surface area contributed by atoms with Crippen molar-refractivity contribution in [3.63, 3.8) is 0 Å². The minimum atomic E-state index is -3.65. The van der Waals surface area contributed by atoms with E-state index in [1.165, 1.54) is 10.4 Å². The molecular weight excluding hydrogens is 452 g/mol. The number of benzene rings is 2. The Labute approximate surface area is 202 Å². The fourth-order valence-corrected chi connectivity index (χ4v) is 5.91. The van der Waals surface area contributed by atoms with Crippen molar-refractivity contribution in [2.24, 2.45) is 5.92 Å². The molecule has 2 aromatic carbocycles. The highest BCUT2D eigenvalue weighted by atomic mass is 32.2. The van der Waals surface area contributed by atoms with Crippen LogP contribution < -0.4 is 10.6 Å². The van der Waals surface area contributed by atoms with Gasteiger partial charge in [-0.3, -0.25) is 4.79 Å². The van der Waals surface area contributed by atoms with E-state index in [1.807, 2.05) is 31.2 Å². The third kappa shape index (κ3) is 5.95. The van der Waals surface area contributed by atoms with E-state index in [-0.39, 0.29) is 22.8 Å². The average molecular weight is 487 g/mol. The molecule has 8 nitrogen and oxygen atoms in total. The van der Waals surface area contributed by atoms with E-state index in [1.54, 1.807) is 37.8 Å². The molecule has 34 heavy (non-hydrogen) atoms. The van der Waals surface area contributed by atoms with Crippen LogP contribution in [0.15, 0.2) is 47.4 Å². The Morgan fingerprint density at radius 2 is 1.74 bits per heavy atom. The molecule has 1 unspecified atom stereocenters. The van der Waals surface area contributed by atoms with Crippen molar-refractivity contribution >= 4 is 33.3 Å². The minimum Gasteiger partial charge on any atom is -0.326 e.